The van der Waals surface area contributed by atoms with Crippen LogP contribution in [0.2, 0.25) is 0 Å². The molecule has 20 heavy (non-hydrogen) atoms. The van der Waals surface area contributed by atoms with Gasteiger partial charge in [-0.05, 0) is 29.0 Å². The minimum Gasteiger partial charge on any atom is -0.369 e. The Morgan fingerprint density at radius 1 is 1.15 bits per heavy atom. The number of carbonyl (C=O) groups is 1. The molecule has 2 aliphatic rings. The first-order chi connectivity index (χ1) is 9.83. The SMILES string of the molecule is O=C1N=CC=C2NCN(c3ccc4ccccc4c3)C12. The summed E-state index contributed by atoms with van der Waals surface area (Å²) in [6, 6.07) is 14.2. The monoisotopic (exact) mass is 263 g/mol. The lowest BCUT2D eigenvalue weighted by Crippen LogP contribution is -2.37. The van der Waals surface area contributed by atoms with Crippen LogP contribution in [0.5, 0.6) is 0 Å². The van der Waals surface area contributed by atoms with Gasteiger partial charge < -0.3 is 10.2 Å². The van der Waals surface area contributed by atoms with Crippen LogP contribution in [0.25, 0.3) is 10.8 Å². The first-order valence-corrected chi connectivity index (χ1v) is 6.60. The number of fused-ring (bicyclic) bond motifs is 2. The normalized spacial score (nSPS) is 20.8. The highest BCUT2D eigenvalue weighted by molar-refractivity contribution is 6.00. The van der Waals surface area contributed by atoms with Gasteiger partial charge >= 0.3 is 0 Å². The summed E-state index contributed by atoms with van der Waals surface area (Å²) in [6.07, 6.45) is 3.43. The third-order valence-electron chi connectivity index (χ3n) is 3.81. The second-order valence-electron chi connectivity index (χ2n) is 4.98. The largest absolute Gasteiger partial charge is 0.369 e. The lowest BCUT2D eigenvalue weighted by molar-refractivity contribution is -0.118. The molecule has 2 aliphatic heterocycles. The molecule has 1 N–H and O–H groups in total. The van der Waals surface area contributed by atoms with E-state index >= 15 is 0 Å². The maximum absolute atomic E-state index is 12.0. The Balaban J connectivity index is 1.78. The molecule has 98 valence electrons. The Hall–Kier alpha value is -2.62. The van der Waals surface area contributed by atoms with E-state index < -0.39 is 0 Å². The van der Waals surface area contributed by atoms with Crippen molar-refractivity contribution < 1.29 is 4.79 Å². The van der Waals surface area contributed by atoms with Gasteiger partial charge in [0.05, 0.1) is 6.67 Å². The van der Waals surface area contributed by atoms with Crippen molar-refractivity contribution in [3.63, 3.8) is 0 Å². The van der Waals surface area contributed by atoms with Gasteiger partial charge in [-0.3, -0.25) is 4.79 Å². The van der Waals surface area contributed by atoms with E-state index in [1.807, 2.05) is 18.2 Å². The van der Waals surface area contributed by atoms with Crippen LogP contribution in [0.3, 0.4) is 0 Å². The van der Waals surface area contributed by atoms with Gasteiger partial charge in [0.1, 0.15) is 0 Å². The van der Waals surface area contributed by atoms with E-state index in [0.717, 1.165) is 11.4 Å². The number of allylic oxidation sites excluding steroid dienone is 1. The van der Waals surface area contributed by atoms with Crippen molar-refractivity contribution in [3.8, 4) is 0 Å². The van der Waals surface area contributed by atoms with Crippen LogP contribution in [-0.2, 0) is 4.79 Å². The summed E-state index contributed by atoms with van der Waals surface area (Å²) in [6.45, 7) is 0.629. The molecular formula is C16H13N3O. The minimum absolute atomic E-state index is 0.111. The third kappa shape index (κ3) is 1.61. The van der Waals surface area contributed by atoms with Crippen molar-refractivity contribution in [2.75, 3.05) is 11.6 Å². The van der Waals surface area contributed by atoms with Crippen molar-refractivity contribution in [3.05, 3.63) is 54.2 Å². The van der Waals surface area contributed by atoms with Gasteiger partial charge in [-0.25, -0.2) is 4.99 Å². The fraction of sp³-hybridized carbons (Fsp3) is 0.125. The second-order valence-corrected chi connectivity index (χ2v) is 4.98. The van der Waals surface area contributed by atoms with E-state index in [-0.39, 0.29) is 11.9 Å². The lowest BCUT2D eigenvalue weighted by Gasteiger charge is -2.24. The summed E-state index contributed by atoms with van der Waals surface area (Å²) in [5.41, 5.74) is 1.97. The summed E-state index contributed by atoms with van der Waals surface area (Å²) in [4.78, 5) is 17.9. The molecule has 2 aromatic rings. The molecule has 0 spiro atoms. The molecule has 0 aromatic heterocycles. The number of nitrogens with zero attached hydrogens (tertiary/aromatic N) is 2. The maximum atomic E-state index is 12.0. The number of dihydropyridines is 1. The molecule has 0 saturated carbocycles. The summed E-state index contributed by atoms with van der Waals surface area (Å²) in [7, 11) is 0. The minimum atomic E-state index is -0.304. The van der Waals surface area contributed by atoms with Gasteiger partial charge in [-0.1, -0.05) is 30.3 Å². The number of aliphatic imine (C=N–C) groups is 1. The van der Waals surface area contributed by atoms with Gasteiger partial charge in [-0.15, -0.1) is 0 Å². The fourth-order valence-electron chi connectivity index (χ4n) is 2.81. The van der Waals surface area contributed by atoms with E-state index in [4.69, 9.17) is 0 Å². The van der Waals surface area contributed by atoms with Crippen LogP contribution >= 0.6 is 0 Å². The molecule has 4 heteroatoms. The zero-order valence-electron chi connectivity index (χ0n) is 10.8. The fourth-order valence-corrected chi connectivity index (χ4v) is 2.81. The average molecular weight is 263 g/mol. The molecule has 2 aromatic carbocycles. The summed E-state index contributed by atoms with van der Waals surface area (Å²) >= 11 is 0. The van der Waals surface area contributed by atoms with Gasteiger partial charge in [0.2, 0.25) is 0 Å². The van der Waals surface area contributed by atoms with Crippen LogP contribution in [0.4, 0.5) is 5.69 Å². The predicted octanol–water partition coefficient (Wildman–Crippen LogP) is 2.07. The Morgan fingerprint density at radius 3 is 2.90 bits per heavy atom. The van der Waals surface area contributed by atoms with Crippen molar-refractivity contribution in [2.45, 2.75) is 6.04 Å². The zero-order valence-corrected chi connectivity index (χ0v) is 10.8. The molecule has 1 unspecified atom stereocenters. The van der Waals surface area contributed by atoms with Crippen LogP contribution < -0.4 is 10.2 Å². The molecule has 1 atom stereocenters. The van der Waals surface area contributed by atoms with E-state index in [9.17, 15) is 4.79 Å². The third-order valence-corrected chi connectivity index (χ3v) is 3.81. The Labute approximate surface area is 116 Å². The van der Waals surface area contributed by atoms with Crippen LogP contribution in [-0.4, -0.2) is 24.8 Å². The Morgan fingerprint density at radius 2 is 2.00 bits per heavy atom. The van der Waals surface area contributed by atoms with Crippen LogP contribution in [0, 0.1) is 0 Å². The molecule has 0 bridgehead atoms. The number of hydrogen-bond donors (Lipinski definition) is 1. The number of anilines is 1. The van der Waals surface area contributed by atoms with Gasteiger partial charge in [0.25, 0.3) is 5.91 Å². The van der Waals surface area contributed by atoms with Crippen molar-refractivity contribution in [2.24, 2.45) is 4.99 Å². The molecule has 0 aliphatic carbocycles. The van der Waals surface area contributed by atoms with E-state index in [1.54, 1.807) is 6.21 Å². The van der Waals surface area contributed by atoms with Crippen molar-refractivity contribution >= 4 is 28.6 Å². The second kappa shape index (κ2) is 4.20. The zero-order chi connectivity index (χ0) is 13.5. The van der Waals surface area contributed by atoms with Gasteiger partial charge in [0.15, 0.2) is 6.04 Å². The Kier molecular flexibility index (Phi) is 2.36. The lowest BCUT2D eigenvalue weighted by atomic mass is 10.1. The Bertz CT molecular complexity index is 763. The molecular weight excluding hydrogens is 250 g/mol. The number of rotatable bonds is 1. The number of carbonyl (C=O) groups excluding carboxylic acids is 1. The summed E-state index contributed by atoms with van der Waals surface area (Å²) in [5.74, 6) is -0.111. The highest BCUT2D eigenvalue weighted by atomic mass is 16.2. The van der Waals surface area contributed by atoms with Gasteiger partial charge in [0, 0.05) is 17.6 Å². The maximum Gasteiger partial charge on any atom is 0.274 e. The number of benzene rings is 2. The van der Waals surface area contributed by atoms with E-state index in [1.165, 1.54) is 10.8 Å². The van der Waals surface area contributed by atoms with Crippen LogP contribution in [0.15, 0.2) is 59.2 Å². The highest BCUT2D eigenvalue weighted by Crippen LogP contribution is 2.28. The van der Waals surface area contributed by atoms with E-state index in [2.05, 4.69) is 45.5 Å². The number of nitrogens with one attached hydrogen (secondary N) is 1. The van der Waals surface area contributed by atoms with Crippen LogP contribution in [0.1, 0.15) is 0 Å². The van der Waals surface area contributed by atoms with Crippen molar-refractivity contribution in [1.29, 1.82) is 0 Å². The van der Waals surface area contributed by atoms with Crippen molar-refractivity contribution in [1.82, 2.24) is 5.32 Å². The number of hydrogen-bond acceptors (Lipinski definition) is 3. The first-order valence-electron chi connectivity index (χ1n) is 6.60. The first kappa shape index (κ1) is 11.2. The quantitative estimate of drug-likeness (QED) is 0.856. The summed E-state index contributed by atoms with van der Waals surface area (Å²) in [5, 5.41) is 5.64. The smallest absolute Gasteiger partial charge is 0.274 e. The molecule has 1 amide bonds. The highest BCUT2D eigenvalue weighted by Gasteiger charge is 2.36. The van der Waals surface area contributed by atoms with Gasteiger partial charge in [-0.2, -0.15) is 0 Å². The molecule has 0 radical (unpaired) electrons. The number of amides is 1. The standard InChI is InChI=1S/C16H13N3O/c20-16-15-14(7-8-17-16)18-10-19(15)13-6-5-11-3-1-2-4-12(11)9-13/h1-9,15,18H,10H2. The summed E-state index contributed by atoms with van der Waals surface area (Å²) < 4.78 is 0. The molecule has 4 nitrogen and oxygen atoms in total. The molecule has 2 heterocycles. The average Bonchev–Trinajstić information content (AvgIpc) is 2.92. The van der Waals surface area contributed by atoms with E-state index in [0.29, 0.717) is 6.67 Å². The topological polar surface area (TPSA) is 44.7 Å². The molecule has 1 fully saturated rings. The predicted molar refractivity (Wildman–Crippen MR) is 79.8 cm³/mol. The molecule has 1 saturated heterocycles. The molecule has 4 rings (SSSR count).